The molecule has 3 rings (SSSR count). The highest BCUT2D eigenvalue weighted by Crippen LogP contribution is 2.26. The van der Waals surface area contributed by atoms with Gasteiger partial charge < -0.3 is 4.74 Å². The van der Waals surface area contributed by atoms with Gasteiger partial charge in [-0.05, 0) is 31.4 Å². The van der Waals surface area contributed by atoms with E-state index in [-0.39, 0.29) is 0 Å². The molecule has 0 bridgehead atoms. The molecule has 4 nitrogen and oxygen atoms in total. The van der Waals surface area contributed by atoms with Crippen LogP contribution < -0.4 is 4.74 Å². The maximum Gasteiger partial charge on any atom is 0.212 e. The first-order valence-electron chi connectivity index (χ1n) is 8.27. The highest BCUT2D eigenvalue weighted by atomic mass is 16.5. The molecule has 2 aliphatic heterocycles. The molecule has 0 spiro atoms. The molecule has 21 heavy (non-hydrogen) atoms. The minimum atomic E-state index is 0.682. The molecule has 2 saturated heterocycles. The topological polar surface area (TPSA) is 28.6 Å². The first kappa shape index (κ1) is 14.8. The zero-order valence-corrected chi connectivity index (χ0v) is 13.3. The zero-order chi connectivity index (χ0) is 14.7. The lowest BCUT2D eigenvalue weighted by molar-refractivity contribution is 0.00322. The van der Waals surface area contributed by atoms with E-state index in [2.05, 4.69) is 27.8 Å². The molecular weight excluding hydrogens is 262 g/mol. The number of methoxy groups -OCH3 is 1. The Labute approximate surface area is 128 Å². The molecule has 0 saturated carbocycles. The van der Waals surface area contributed by atoms with Gasteiger partial charge in [0.2, 0.25) is 5.88 Å². The quantitative estimate of drug-likeness (QED) is 0.851. The van der Waals surface area contributed by atoms with E-state index < -0.39 is 0 Å². The van der Waals surface area contributed by atoms with Crippen molar-refractivity contribution in [2.24, 2.45) is 0 Å². The molecule has 0 amide bonds. The van der Waals surface area contributed by atoms with Gasteiger partial charge in [-0.1, -0.05) is 19.4 Å². The normalized spacial score (nSPS) is 27.3. The average molecular weight is 289 g/mol. The Bertz CT molecular complexity index is 448. The van der Waals surface area contributed by atoms with Gasteiger partial charge in [0, 0.05) is 44.0 Å². The van der Waals surface area contributed by atoms with Crippen LogP contribution in [-0.2, 0) is 6.54 Å². The van der Waals surface area contributed by atoms with Crippen LogP contribution in [0.4, 0.5) is 0 Å². The largest absolute Gasteiger partial charge is 0.481 e. The van der Waals surface area contributed by atoms with Gasteiger partial charge in [0.25, 0.3) is 0 Å². The minimum absolute atomic E-state index is 0.682. The monoisotopic (exact) mass is 289 g/mol. The molecule has 0 aliphatic carbocycles. The summed E-state index contributed by atoms with van der Waals surface area (Å²) in [5.41, 5.74) is 1.29. The summed E-state index contributed by atoms with van der Waals surface area (Å²) < 4.78 is 5.14. The standard InChI is InChI=1S/C17H27N3O/c1-3-15-12-19-9-5-4-6-16(19)13-20(15)11-14-7-8-17(21-2)18-10-14/h7-8,10,15-16H,3-6,9,11-13H2,1-2H3. The third-order valence-corrected chi connectivity index (χ3v) is 5.02. The number of pyridine rings is 1. The van der Waals surface area contributed by atoms with E-state index in [0.717, 1.165) is 12.6 Å². The van der Waals surface area contributed by atoms with Crippen LogP contribution in [0, 0.1) is 0 Å². The fourth-order valence-corrected chi connectivity index (χ4v) is 3.75. The summed E-state index contributed by atoms with van der Waals surface area (Å²) in [4.78, 5) is 9.72. The molecule has 2 fully saturated rings. The van der Waals surface area contributed by atoms with Gasteiger partial charge in [0.05, 0.1) is 7.11 Å². The Kier molecular flexibility index (Phi) is 4.76. The maximum atomic E-state index is 5.14. The second-order valence-electron chi connectivity index (χ2n) is 6.34. The lowest BCUT2D eigenvalue weighted by atomic mass is 9.95. The summed E-state index contributed by atoms with van der Waals surface area (Å²) in [5.74, 6) is 0.697. The Hall–Kier alpha value is -1.13. The summed E-state index contributed by atoms with van der Waals surface area (Å²) in [6.07, 6.45) is 7.34. The number of aromatic nitrogens is 1. The van der Waals surface area contributed by atoms with E-state index in [1.54, 1.807) is 7.11 Å². The van der Waals surface area contributed by atoms with Crippen LogP contribution in [0.5, 0.6) is 5.88 Å². The number of hydrogen-bond donors (Lipinski definition) is 0. The fourth-order valence-electron chi connectivity index (χ4n) is 3.75. The molecule has 1 aromatic rings. The summed E-state index contributed by atoms with van der Waals surface area (Å²) in [7, 11) is 1.66. The number of hydrogen-bond acceptors (Lipinski definition) is 4. The third kappa shape index (κ3) is 3.38. The first-order chi connectivity index (χ1) is 10.3. The molecule has 0 radical (unpaired) electrons. The van der Waals surface area contributed by atoms with E-state index in [4.69, 9.17) is 4.74 Å². The molecule has 0 N–H and O–H groups in total. The average Bonchev–Trinajstić information content (AvgIpc) is 2.55. The molecule has 3 heterocycles. The number of ether oxygens (including phenoxy) is 1. The predicted octanol–water partition coefficient (Wildman–Crippen LogP) is 2.54. The van der Waals surface area contributed by atoms with Crippen LogP contribution in [0.25, 0.3) is 0 Å². The molecule has 116 valence electrons. The van der Waals surface area contributed by atoms with Crippen LogP contribution in [0.15, 0.2) is 18.3 Å². The first-order valence-corrected chi connectivity index (χ1v) is 8.27. The molecular formula is C17H27N3O. The second kappa shape index (κ2) is 6.75. The van der Waals surface area contributed by atoms with Gasteiger partial charge in [-0.3, -0.25) is 9.80 Å². The summed E-state index contributed by atoms with van der Waals surface area (Å²) >= 11 is 0. The highest BCUT2D eigenvalue weighted by molar-refractivity contribution is 5.18. The number of piperidine rings is 1. The number of rotatable bonds is 4. The summed E-state index contributed by atoms with van der Waals surface area (Å²) in [6, 6.07) is 5.56. The van der Waals surface area contributed by atoms with Crippen LogP contribution in [-0.4, -0.2) is 53.6 Å². The zero-order valence-electron chi connectivity index (χ0n) is 13.3. The van der Waals surface area contributed by atoms with Gasteiger partial charge in [-0.15, -0.1) is 0 Å². The Morgan fingerprint density at radius 3 is 2.90 bits per heavy atom. The molecule has 2 atom stereocenters. The number of nitrogens with zero attached hydrogens (tertiary/aromatic N) is 3. The lowest BCUT2D eigenvalue weighted by Crippen LogP contribution is -2.58. The molecule has 4 heteroatoms. The highest BCUT2D eigenvalue weighted by Gasteiger charge is 2.33. The molecule has 2 aliphatic rings. The van der Waals surface area contributed by atoms with Crippen LogP contribution in [0.3, 0.4) is 0 Å². The van der Waals surface area contributed by atoms with E-state index in [9.17, 15) is 0 Å². The van der Waals surface area contributed by atoms with Gasteiger partial charge in [-0.2, -0.15) is 0 Å². The van der Waals surface area contributed by atoms with Crippen molar-refractivity contribution in [2.45, 2.75) is 51.2 Å². The van der Waals surface area contributed by atoms with Crippen molar-refractivity contribution in [2.75, 3.05) is 26.7 Å². The number of piperazine rings is 1. The molecule has 0 aromatic carbocycles. The van der Waals surface area contributed by atoms with Crippen molar-refractivity contribution in [3.05, 3.63) is 23.9 Å². The molecule has 1 aromatic heterocycles. The smallest absolute Gasteiger partial charge is 0.212 e. The maximum absolute atomic E-state index is 5.14. The summed E-state index contributed by atoms with van der Waals surface area (Å²) in [6.45, 7) is 7.09. The van der Waals surface area contributed by atoms with Crippen molar-refractivity contribution in [1.29, 1.82) is 0 Å². The van der Waals surface area contributed by atoms with Crippen molar-refractivity contribution < 1.29 is 4.74 Å². The predicted molar refractivity (Wildman–Crippen MR) is 84.5 cm³/mol. The second-order valence-corrected chi connectivity index (χ2v) is 6.34. The Balaban J connectivity index is 1.67. The van der Waals surface area contributed by atoms with E-state index in [0.29, 0.717) is 11.9 Å². The van der Waals surface area contributed by atoms with Crippen molar-refractivity contribution in [3.63, 3.8) is 0 Å². The fraction of sp³-hybridized carbons (Fsp3) is 0.706. The van der Waals surface area contributed by atoms with Crippen molar-refractivity contribution in [1.82, 2.24) is 14.8 Å². The SMILES string of the molecule is CCC1CN2CCCCC2CN1Cc1ccc(OC)nc1. The van der Waals surface area contributed by atoms with Crippen molar-refractivity contribution >= 4 is 0 Å². The number of fused-ring (bicyclic) bond motifs is 1. The lowest BCUT2D eigenvalue weighted by Gasteiger charge is -2.48. The van der Waals surface area contributed by atoms with E-state index in [1.807, 2.05) is 12.3 Å². The van der Waals surface area contributed by atoms with Gasteiger partial charge in [0.1, 0.15) is 0 Å². The van der Waals surface area contributed by atoms with Crippen LogP contribution in [0.1, 0.15) is 38.2 Å². The Morgan fingerprint density at radius 2 is 2.19 bits per heavy atom. The summed E-state index contributed by atoms with van der Waals surface area (Å²) in [5, 5.41) is 0. The van der Waals surface area contributed by atoms with Crippen molar-refractivity contribution in [3.8, 4) is 5.88 Å². The van der Waals surface area contributed by atoms with Crippen LogP contribution in [0.2, 0.25) is 0 Å². The minimum Gasteiger partial charge on any atom is -0.481 e. The Morgan fingerprint density at radius 1 is 1.29 bits per heavy atom. The third-order valence-electron chi connectivity index (χ3n) is 5.02. The van der Waals surface area contributed by atoms with Gasteiger partial charge in [0.15, 0.2) is 0 Å². The van der Waals surface area contributed by atoms with E-state index in [1.165, 1.54) is 50.9 Å². The van der Waals surface area contributed by atoms with E-state index >= 15 is 0 Å². The van der Waals surface area contributed by atoms with Gasteiger partial charge >= 0.3 is 0 Å². The molecule has 2 unspecified atom stereocenters. The van der Waals surface area contributed by atoms with Crippen LogP contribution >= 0.6 is 0 Å². The van der Waals surface area contributed by atoms with Gasteiger partial charge in [-0.25, -0.2) is 4.98 Å².